The normalized spacial score (nSPS) is 31.6. The van der Waals surface area contributed by atoms with Gasteiger partial charge in [-0.05, 0) is 70.1 Å². The molecule has 2 heterocycles. The largest absolute Gasteiger partial charge is 0.328 e. The second-order valence-corrected chi connectivity index (χ2v) is 7.05. The summed E-state index contributed by atoms with van der Waals surface area (Å²) in [6.45, 7) is 9.12. The Morgan fingerprint density at radius 2 is 1.55 bits per heavy atom. The van der Waals surface area contributed by atoms with Crippen LogP contribution in [-0.2, 0) is 0 Å². The van der Waals surface area contributed by atoms with E-state index < -0.39 is 0 Å². The summed E-state index contributed by atoms with van der Waals surface area (Å²) in [6.07, 6.45) is 5.05. The fraction of sp³-hybridized carbons (Fsp3) is 0.667. The van der Waals surface area contributed by atoms with Crippen molar-refractivity contribution < 1.29 is 0 Å². The summed E-state index contributed by atoms with van der Waals surface area (Å²) < 4.78 is 0. The summed E-state index contributed by atoms with van der Waals surface area (Å²) in [5.74, 6) is 0. The molecule has 1 aromatic rings. The summed E-state index contributed by atoms with van der Waals surface area (Å²) >= 11 is 0. The van der Waals surface area contributed by atoms with Crippen molar-refractivity contribution in [2.75, 3.05) is 0 Å². The predicted molar refractivity (Wildman–Crippen MR) is 84.9 cm³/mol. The molecule has 2 nitrogen and oxygen atoms in total. The highest BCUT2D eigenvalue weighted by atomic mass is 15.2. The van der Waals surface area contributed by atoms with E-state index in [0.29, 0.717) is 24.2 Å². The quantitative estimate of drug-likeness (QED) is 0.891. The molecule has 0 aromatic heterocycles. The molecule has 2 saturated heterocycles. The minimum absolute atomic E-state index is 0.427. The lowest BCUT2D eigenvalue weighted by molar-refractivity contribution is 0.0848. The summed E-state index contributed by atoms with van der Waals surface area (Å²) in [5.41, 5.74) is 12.0. The van der Waals surface area contributed by atoms with Crippen molar-refractivity contribution in [3.05, 3.63) is 34.4 Å². The van der Waals surface area contributed by atoms with E-state index in [9.17, 15) is 0 Å². The number of rotatable bonds is 2. The first-order valence-electron chi connectivity index (χ1n) is 8.08. The molecule has 1 aromatic carbocycles. The van der Waals surface area contributed by atoms with Crippen LogP contribution in [0.2, 0.25) is 0 Å². The van der Waals surface area contributed by atoms with Crippen LogP contribution in [0.25, 0.3) is 0 Å². The van der Waals surface area contributed by atoms with Crippen LogP contribution in [-0.4, -0.2) is 23.0 Å². The fourth-order valence-electron chi connectivity index (χ4n) is 4.89. The van der Waals surface area contributed by atoms with Gasteiger partial charge in [0.25, 0.3) is 0 Å². The topological polar surface area (TPSA) is 29.3 Å². The molecule has 110 valence electrons. The first-order chi connectivity index (χ1) is 9.47. The van der Waals surface area contributed by atoms with Gasteiger partial charge in [-0.25, -0.2) is 0 Å². The number of nitrogens with two attached hydrogens (primary N) is 1. The van der Waals surface area contributed by atoms with E-state index in [2.05, 4.69) is 44.7 Å². The third-order valence-electron chi connectivity index (χ3n) is 5.43. The number of benzene rings is 1. The lowest BCUT2D eigenvalue weighted by Crippen LogP contribution is -2.48. The van der Waals surface area contributed by atoms with Crippen LogP contribution >= 0.6 is 0 Å². The average molecular weight is 272 g/mol. The van der Waals surface area contributed by atoms with Crippen LogP contribution in [0.4, 0.5) is 0 Å². The Hall–Kier alpha value is -0.860. The van der Waals surface area contributed by atoms with Gasteiger partial charge in [0.05, 0.1) is 0 Å². The van der Waals surface area contributed by atoms with Crippen LogP contribution in [0.1, 0.15) is 60.9 Å². The minimum atomic E-state index is 0.427. The predicted octanol–water partition coefficient (Wildman–Crippen LogP) is 3.63. The Balaban J connectivity index is 1.92. The van der Waals surface area contributed by atoms with Gasteiger partial charge in [0.2, 0.25) is 0 Å². The molecule has 0 spiro atoms. The van der Waals surface area contributed by atoms with Crippen LogP contribution in [0.15, 0.2) is 12.1 Å². The van der Waals surface area contributed by atoms with Crippen molar-refractivity contribution in [3.8, 4) is 0 Å². The molecule has 0 saturated carbocycles. The molecule has 0 amide bonds. The van der Waals surface area contributed by atoms with Crippen molar-refractivity contribution in [2.45, 2.75) is 77.5 Å². The summed E-state index contributed by atoms with van der Waals surface area (Å²) in [7, 11) is 0. The van der Waals surface area contributed by atoms with E-state index >= 15 is 0 Å². The smallest absolute Gasteiger partial charge is 0.0331 e. The zero-order chi connectivity index (χ0) is 14.4. The maximum Gasteiger partial charge on any atom is 0.0331 e. The first kappa shape index (κ1) is 14.1. The number of nitrogens with zero attached hydrogens (tertiary/aromatic N) is 1. The summed E-state index contributed by atoms with van der Waals surface area (Å²) in [4.78, 5) is 2.77. The maximum absolute atomic E-state index is 6.21. The molecule has 2 aliphatic rings. The van der Waals surface area contributed by atoms with Crippen LogP contribution < -0.4 is 5.73 Å². The van der Waals surface area contributed by atoms with E-state index in [1.54, 1.807) is 5.56 Å². The van der Waals surface area contributed by atoms with Gasteiger partial charge in [0, 0.05) is 24.2 Å². The Morgan fingerprint density at radius 3 is 2.05 bits per heavy atom. The summed E-state index contributed by atoms with van der Waals surface area (Å²) in [5, 5.41) is 0. The van der Waals surface area contributed by atoms with E-state index in [-0.39, 0.29) is 0 Å². The number of aryl methyl sites for hydroxylation is 3. The lowest BCUT2D eigenvalue weighted by Gasteiger charge is -2.42. The van der Waals surface area contributed by atoms with Crippen LogP contribution in [0.3, 0.4) is 0 Å². The zero-order valence-electron chi connectivity index (χ0n) is 13.3. The number of piperidine rings is 1. The molecule has 3 atom stereocenters. The molecule has 3 unspecified atom stereocenters. The standard InChI is InChI=1S/C18H28N2/c1-11-7-12(2)18(13(3)8-11)14(4)20-16-5-6-17(20)10-15(19)9-16/h7-8,14-17H,5-6,9-10,19H2,1-4H3. The second-order valence-electron chi connectivity index (χ2n) is 7.05. The Kier molecular flexibility index (Phi) is 3.64. The molecule has 0 radical (unpaired) electrons. The monoisotopic (exact) mass is 272 g/mol. The van der Waals surface area contributed by atoms with Gasteiger partial charge in [-0.2, -0.15) is 0 Å². The van der Waals surface area contributed by atoms with Crippen LogP contribution in [0.5, 0.6) is 0 Å². The van der Waals surface area contributed by atoms with Crippen molar-refractivity contribution in [2.24, 2.45) is 5.73 Å². The van der Waals surface area contributed by atoms with E-state index in [1.165, 1.54) is 42.4 Å². The number of hydrogen-bond acceptors (Lipinski definition) is 2. The fourth-order valence-corrected chi connectivity index (χ4v) is 4.89. The van der Waals surface area contributed by atoms with Crippen LogP contribution in [0, 0.1) is 20.8 Å². The Labute approximate surface area is 123 Å². The average Bonchev–Trinajstić information content (AvgIpc) is 2.60. The second kappa shape index (κ2) is 5.16. The molecule has 2 fully saturated rings. The van der Waals surface area contributed by atoms with Gasteiger partial charge in [0.15, 0.2) is 0 Å². The van der Waals surface area contributed by atoms with Crippen molar-refractivity contribution >= 4 is 0 Å². The molecular weight excluding hydrogens is 244 g/mol. The number of fused-ring (bicyclic) bond motifs is 2. The van der Waals surface area contributed by atoms with Crippen molar-refractivity contribution in [3.63, 3.8) is 0 Å². The maximum atomic E-state index is 6.21. The van der Waals surface area contributed by atoms with Gasteiger partial charge >= 0.3 is 0 Å². The van der Waals surface area contributed by atoms with Gasteiger partial charge < -0.3 is 5.73 Å². The minimum Gasteiger partial charge on any atom is -0.328 e. The molecule has 2 aliphatic heterocycles. The SMILES string of the molecule is Cc1cc(C)c(C(C)N2C3CCC2CC(N)C3)c(C)c1. The first-order valence-corrected chi connectivity index (χ1v) is 8.08. The zero-order valence-corrected chi connectivity index (χ0v) is 13.3. The third kappa shape index (κ3) is 2.29. The highest BCUT2D eigenvalue weighted by Crippen LogP contribution is 2.42. The van der Waals surface area contributed by atoms with Gasteiger partial charge in [-0.3, -0.25) is 4.90 Å². The third-order valence-corrected chi connectivity index (χ3v) is 5.43. The van der Waals surface area contributed by atoms with Gasteiger partial charge in [0.1, 0.15) is 0 Å². The molecule has 3 rings (SSSR count). The molecule has 2 N–H and O–H groups in total. The molecular formula is C18H28N2. The van der Waals surface area contributed by atoms with E-state index in [4.69, 9.17) is 5.73 Å². The van der Waals surface area contributed by atoms with Gasteiger partial charge in [-0.15, -0.1) is 0 Å². The Bertz CT molecular complexity index is 471. The van der Waals surface area contributed by atoms with Crippen molar-refractivity contribution in [1.82, 2.24) is 4.90 Å². The molecule has 2 bridgehead atoms. The summed E-state index contributed by atoms with van der Waals surface area (Å²) in [6, 6.07) is 7.03. The highest BCUT2D eigenvalue weighted by Gasteiger charge is 2.42. The molecule has 20 heavy (non-hydrogen) atoms. The van der Waals surface area contributed by atoms with E-state index in [0.717, 1.165) is 0 Å². The highest BCUT2D eigenvalue weighted by molar-refractivity contribution is 5.39. The number of hydrogen-bond donors (Lipinski definition) is 1. The Morgan fingerprint density at radius 1 is 1.05 bits per heavy atom. The lowest BCUT2D eigenvalue weighted by atomic mass is 9.90. The molecule has 2 heteroatoms. The van der Waals surface area contributed by atoms with Crippen molar-refractivity contribution in [1.29, 1.82) is 0 Å². The van der Waals surface area contributed by atoms with Gasteiger partial charge in [-0.1, -0.05) is 17.7 Å². The molecule has 0 aliphatic carbocycles. The van der Waals surface area contributed by atoms with E-state index in [1.807, 2.05) is 0 Å².